The van der Waals surface area contributed by atoms with E-state index in [1.807, 2.05) is 13.0 Å². The van der Waals surface area contributed by atoms with E-state index >= 15 is 0 Å². The maximum Gasteiger partial charge on any atom is 0.334 e. The van der Waals surface area contributed by atoms with Crippen LogP contribution in [-0.2, 0) is 28.6 Å². The van der Waals surface area contributed by atoms with Gasteiger partial charge < -0.3 is 18.6 Å². The van der Waals surface area contributed by atoms with Crippen LogP contribution < -0.4 is 0 Å². The van der Waals surface area contributed by atoms with Crippen LogP contribution in [0.5, 0.6) is 0 Å². The van der Waals surface area contributed by atoms with E-state index in [1.54, 1.807) is 24.5 Å². The number of fused-ring (bicyclic) bond motifs is 2. The van der Waals surface area contributed by atoms with Gasteiger partial charge in [0.2, 0.25) is 0 Å². The van der Waals surface area contributed by atoms with Gasteiger partial charge in [0.25, 0.3) is 0 Å². The number of carbonyl (C=O) groups is 3. The SMILES string of the molecule is COC(=O)C1=CC=C[C@H]2[C@@]1(C(=O)OC)CC[C@@H](C)[C@]21C[C@H](c2ccoc2)OC1=O. The fraction of sp³-hybridized carbons (Fsp3) is 0.500. The Morgan fingerprint density at radius 2 is 2.03 bits per heavy atom. The first kappa shape index (κ1) is 19.5. The van der Waals surface area contributed by atoms with E-state index in [-0.39, 0.29) is 17.5 Å². The van der Waals surface area contributed by atoms with Gasteiger partial charge in [-0.3, -0.25) is 9.59 Å². The molecule has 3 aliphatic rings. The van der Waals surface area contributed by atoms with Crippen LogP contribution in [0.25, 0.3) is 0 Å². The van der Waals surface area contributed by atoms with Gasteiger partial charge in [-0.1, -0.05) is 25.2 Å². The molecule has 1 aromatic rings. The molecule has 7 heteroatoms. The summed E-state index contributed by atoms with van der Waals surface area (Å²) in [5.74, 6) is -2.10. The quantitative estimate of drug-likeness (QED) is 0.568. The third kappa shape index (κ3) is 2.52. The molecule has 5 atom stereocenters. The highest BCUT2D eigenvalue weighted by molar-refractivity contribution is 6.00. The summed E-state index contributed by atoms with van der Waals surface area (Å²) in [4.78, 5) is 39.1. The van der Waals surface area contributed by atoms with Crippen molar-refractivity contribution in [3.8, 4) is 0 Å². The molecule has 0 unspecified atom stereocenters. The molecule has 1 aromatic heterocycles. The van der Waals surface area contributed by atoms with E-state index in [9.17, 15) is 14.4 Å². The highest BCUT2D eigenvalue weighted by atomic mass is 16.6. The predicted octanol–water partition coefficient (Wildman–Crippen LogP) is 3.13. The number of hydrogen-bond acceptors (Lipinski definition) is 7. The lowest BCUT2D eigenvalue weighted by Gasteiger charge is -2.53. The van der Waals surface area contributed by atoms with Crippen molar-refractivity contribution in [1.82, 2.24) is 0 Å². The zero-order valence-electron chi connectivity index (χ0n) is 16.7. The average molecular weight is 400 g/mol. The topological polar surface area (TPSA) is 92.0 Å². The van der Waals surface area contributed by atoms with Crippen molar-refractivity contribution in [1.29, 1.82) is 0 Å². The van der Waals surface area contributed by atoms with E-state index in [4.69, 9.17) is 18.6 Å². The van der Waals surface area contributed by atoms with Crippen molar-refractivity contribution in [3.05, 3.63) is 48.0 Å². The maximum absolute atomic E-state index is 13.3. The van der Waals surface area contributed by atoms with Crippen molar-refractivity contribution in [2.75, 3.05) is 14.2 Å². The molecule has 7 nitrogen and oxygen atoms in total. The van der Waals surface area contributed by atoms with Gasteiger partial charge in [0.05, 0.1) is 37.7 Å². The molecular weight excluding hydrogens is 376 g/mol. The van der Waals surface area contributed by atoms with Crippen LogP contribution in [0.2, 0.25) is 0 Å². The summed E-state index contributed by atoms with van der Waals surface area (Å²) < 4.78 is 21.1. The Morgan fingerprint density at radius 1 is 1.24 bits per heavy atom. The Kier molecular flexibility index (Phi) is 4.63. The molecule has 1 aliphatic heterocycles. The number of furan rings is 1. The zero-order chi connectivity index (χ0) is 20.8. The number of ether oxygens (including phenoxy) is 3. The number of allylic oxidation sites excluding steroid dienone is 3. The van der Waals surface area contributed by atoms with Gasteiger partial charge >= 0.3 is 17.9 Å². The van der Waals surface area contributed by atoms with E-state index in [1.165, 1.54) is 20.5 Å². The Morgan fingerprint density at radius 3 is 2.69 bits per heavy atom. The van der Waals surface area contributed by atoms with Gasteiger partial charge in [-0.05, 0) is 24.8 Å². The molecular formula is C22H24O7. The minimum Gasteiger partial charge on any atom is -0.472 e. The molecule has 1 spiro atoms. The Balaban J connectivity index is 1.85. The summed E-state index contributed by atoms with van der Waals surface area (Å²) in [7, 11) is 2.58. The van der Waals surface area contributed by atoms with Crippen molar-refractivity contribution in [3.63, 3.8) is 0 Å². The van der Waals surface area contributed by atoms with Crippen molar-refractivity contribution >= 4 is 17.9 Å². The molecule has 2 aliphatic carbocycles. The highest BCUT2D eigenvalue weighted by Crippen LogP contribution is 2.65. The number of esters is 3. The molecule has 29 heavy (non-hydrogen) atoms. The van der Waals surface area contributed by atoms with Crippen LogP contribution in [0.3, 0.4) is 0 Å². The van der Waals surface area contributed by atoms with Gasteiger partial charge in [-0.25, -0.2) is 4.79 Å². The second-order valence-corrected chi connectivity index (χ2v) is 8.03. The predicted molar refractivity (Wildman–Crippen MR) is 100 cm³/mol. The van der Waals surface area contributed by atoms with Gasteiger partial charge in [0.15, 0.2) is 0 Å². The second-order valence-electron chi connectivity index (χ2n) is 8.03. The molecule has 0 amide bonds. The minimum atomic E-state index is -1.28. The molecule has 0 aromatic carbocycles. The van der Waals surface area contributed by atoms with E-state index in [2.05, 4.69) is 0 Å². The molecule has 1 saturated carbocycles. The lowest BCUT2D eigenvalue weighted by molar-refractivity contribution is -0.172. The number of hydrogen-bond donors (Lipinski definition) is 0. The standard InChI is InChI=1S/C22H24O7/c1-13-7-9-21(19(24)27-3)15(18(23)26-2)5-4-6-17(21)22(13)11-16(29-20(22)25)14-8-10-28-12-14/h4-6,8,10,12-13,16-17H,7,9,11H2,1-3H3/t13-,16-,17+,21-,22-/m1/s1. The fourth-order valence-corrected chi connectivity index (χ4v) is 5.51. The first-order chi connectivity index (χ1) is 13.9. The van der Waals surface area contributed by atoms with E-state index < -0.39 is 34.8 Å². The van der Waals surface area contributed by atoms with Crippen molar-refractivity contribution < 1.29 is 33.0 Å². The second kappa shape index (κ2) is 6.90. The molecule has 154 valence electrons. The normalized spacial score (nSPS) is 35.6. The summed E-state index contributed by atoms with van der Waals surface area (Å²) in [5.41, 5.74) is -1.24. The summed E-state index contributed by atoms with van der Waals surface area (Å²) in [5, 5.41) is 0. The molecule has 0 radical (unpaired) electrons. The van der Waals surface area contributed by atoms with Gasteiger partial charge in [0.1, 0.15) is 11.5 Å². The molecule has 1 saturated heterocycles. The number of cyclic esters (lactones) is 1. The number of methoxy groups -OCH3 is 2. The smallest absolute Gasteiger partial charge is 0.334 e. The maximum atomic E-state index is 13.3. The summed E-state index contributed by atoms with van der Waals surface area (Å²) in [6.07, 6.45) is 9.16. The fourth-order valence-electron chi connectivity index (χ4n) is 5.51. The van der Waals surface area contributed by atoms with Crippen LogP contribution in [0.15, 0.2) is 46.8 Å². The third-order valence-electron chi connectivity index (χ3n) is 7.01. The highest BCUT2D eigenvalue weighted by Gasteiger charge is 2.69. The summed E-state index contributed by atoms with van der Waals surface area (Å²) >= 11 is 0. The van der Waals surface area contributed by atoms with Gasteiger partial charge in [-0.15, -0.1) is 0 Å². The van der Waals surface area contributed by atoms with Crippen molar-refractivity contribution in [2.45, 2.75) is 32.3 Å². The third-order valence-corrected chi connectivity index (χ3v) is 7.01. The van der Waals surface area contributed by atoms with E-state index in [0.717, 1.165) is 5.56 Å². The first-order valence-corrected chi connectivity index (χ1v) is 9.70. The molecule has 4 rings (SSSR count). The van der Waals surface area contributed by atoms with Gasteiger partial charge in [-0.2, -0.15) is 0 Å². The zero-order valence-corrected chi connectivity index (χ0v) is 16.7. The molecule has 2 fully saturated rings. The average Bonchev–Trinajstić information content (AvgIpc) is 3.38. The molecule has 0 bridgehead atoms. The summed E-state index contributed by atoms with van der Waals surface area (Å²) in [6, 6.07) is 1.77. The van der Waals surface area contributed by atoms with Crippen LogP contribution in [0.4, 0.5) is 0 Å². The molecule has 0 N–H and O–H groups in total. The summed E-state index contributed by atoms with van der Waals surface area (Å²) in [6.45, 7) is 2.00. The van der Waals surface area contributed by atoms with Gasteiger partial charge in [0, 0.05) is 17.9 Å². The Bertz CT molecular complexity index is 896. The lowest BCUT2D eigenvalue weighted by Crippen LogP contribution is -2.58. The first-order valence-electron chi connectivity index (χ1n) is 9.70. The van der Waals surface area contributed by atoms with Crippen LogP contribution in [0.1, 0.15) is 37.9 Å². The largest absolute Gasteiger partial charge is 0.472 e. The lowest BCUT2D eigenvalue weighted by atomic mass is 9.47. The molecule has 2 heterocycles. The van der Waals surface area contributed by atoms with Crippen LogP contribution in [-0.4, -0.2) is 32.1 Å². The Labute approximate surface area is 168 Å². The number of rotatable bonds is 3. The van der Waals surface area contributed by atoms with E-state index in [0.29, 0.717) is 19.3 Å². The van der Waals surface area contributed by atoms with Crippen LogP contribution >= 0.6 is 0 Å². The Hall–Kier alpha value is -2.83. The monoisotopic (exact) mass is 400 g/mol. The number of carbonyl (C=O) groups excluding carboxylic acids is 3. The van der Waals surface area contributed by atoms with Crippen molar-refractivity contribution in [2.24, 2.45) is 22.7 Å². The minimum absolute atomic E-state index is 0.0451. The van der Waals surface area contributed by atoms with Crippen LogP contribution in [0, 0.1) is 22.7 Å².